The molecule has 12 aliphatic rings. The summed E-state index contributed by atoms with van der Waals surface area (Å²) >= 11 is 11.8. The average Bonchev–Trinajstić information content (AvgIpc) is 1.03. The van der Waals surface area contributed by atoms with Gasteiger partial charge in [0, 0.05) is 68.7 Å². The van der Waals surface area contributed by atoms with Crippen LogP contribution in [0, 0.1) is 60.8 Å². The predicted octanol–water partition coefficient (Wildman–Crippen LogP) is 14.8. The Hall–Kier alpha value is -12.9. The standard InChI is InChI=1S/C23H20ClFN4O2.C23H21F2N5O2.C23H22FN5O2.C21H20ClN5O2/c24-15-6-8-20(28-12-15)31-19-11-14-5-7-18(19)29(13-14)23(30)16-3-1-4-17(25)21(16)22-26-9-2-10-27-22;1-13-8-27-20(11-26-13)32-19-7-14-5-6-18(19)30(12-14)23(31)16-3-2-4-17(25)21(16)22-28-9-15(24)10-29-22;1-14-9-26-21(12-25-14)31-20-8-15-6-7-19(20)29(13-15)23(30)18-5-3-2-4-17(18)22-27-10-16(24)11-28-22;22-15-6-8-20(23-12-15)29-19-11-14-5-7-18(19)26(13-14)21(28)16-3-1-2-4-17(16)27-24-9-10-25-27/h1-4,6,8-10,12,14,18-19H,5,7,11,13H2;2-4,8-11,14,18-19H,5-7,12H2,1H3;2-5,9-12,15,19-20H,6-8,13H2,1H3;1-4,6,8-10,12,14,18-19H,5,7,11,13H2. The number of carbonyl (C=O) groups is 4. The number of fused-ring (bicyclic) bond motifs is 12. The van der Waals surface area contributed by atoms with Gasteiger partial charge in [0.25, 0.3) is 23.6 Å². The monoisotopic (exact) mass is 1700 g/mol. The number of hydrogen-bond acceptors (Lipinski definition) is 22. The maximum Gasteiger partial charge on any atom is 0.256 e. The summed E-state index contributed by atoms with van der Waals surface area (Å²) in [7, 11) is 0. The second-order valence-electron chi connectivity index (χ2n) is 31.8. The first kappa shape index (κ1) is 82.4. The van der Waals surface area contributed by atoms with Crippen molar-refractivity contribution in [2.24, 2.45) is 23.7 Å². The third kappa shape index (κ3) is 18.5. The molecule has 0 radical (unpaired) electrons. The highest BCUT2D eigenvalue weighted by Gasteiger charge is 2.50. The number of amides is 4. The van der Waals surface area contributed by atoms with Crippen LogP contribution >= 0.6 is 23.2 Å². The number of aryl methyl sites for hydroxylation is 2. The Morgan fingerprint density at radius 2 is 0.707 bits per heavy atom. The van der Waals surface area contributed by atoms with E-state index in [1.165, 1.54) is 35.4 Å². The van der Waals surface area contributed by atoms with E-state index in [4.69, 9.17) is 42.1 Å². The molecule has 12 fully saturated rings. The van der Waals surface area contributed by atoms with Crippen molar-refractivity contribution >= 4 is 46.8 Å². The number of nitrogens with zero attached hydrogens (tertiary/aromatic N) is 19. The SMILES string of the molecule is Cc1cnc(OC2CC3CCC2N(C(=O)c2cccc(F)c2-c2ncc(F)cn2)C3)cn1.Cc1cnc(OC2CC3CCC2N(C(=O)c2ccccc2-c2ncc(F)cn2)C3)cn1.O=C(c1cccc(F)c1-c1ncccn1)N1CC2CCC1C(Oc1ccc(Cl)cn1)C2.O=C(c1ccccc1-n1nccn1)N1CC2CCC1C(Oc1ccc(Cl)cn1)C2. The summed E-state index contributed by atoms with van der Waals surface area (Å²) in [5.74, 6) is 0.922. The average molecular weight is 1710 g/mol. The highest BCUT2D eigenvalue weighted by molar-refractivity contribution is 6.30. The molecule has 4 amide bonds. The molecule has 0 N–H and O–H groups in total. The number of benzene rings is 4. The van der Waals surface area contributed by atoms with E-state index < -0.39 is 23.3 Å². The van der Waals surface area contributed by atoms with Crippen LogP contribution in [0.1, 0.15) is 130 Å². The summed E-state index contributed by atoms with van der Waals surface area (Å²) in [6.07, 6.45) is 30.7. The molecule has 12 unspecified atom stereocenters. The topological polar surface area (TPSA) is 304 Å². The van der Waals surface area contributed by atoms with Crippen LogP contribution in [0.4, 0.5) is 17.6 Å². The third-order valence-electron chi connectivity index (χ3n) is 23.8. The fourth-order valence-corrected chi connectivity index (χ4v) is 18.4. The Kier molecular flexibility index (Phi) is 24.7. The molecule has 628 valence electrons. The van der Waals surface area contributed by atoms with E-state index in [0.717, 1.165) is 120 Å². The molecule has 16 heterocycles. The van der Waals surface area contributed by atoms with Crippen LogP contribution in [0.25, 0.3) is 39.9 Å². The van der Waals surface area contributed by atoms with E-state index in [1.54, 1.807) is 115 Å². The fourth-order valence-electron chi connectivity index (χ4n) is 18.2. The number of para-hydroxylation sites is 1. The molecule has 27 nitrogen and oxygen atoms in total. The maximum absolute atomic E-state index is 14.8. The van der Waals surface area contributed by atoms with Gasteiger partial charge >= 0.3 is 0 Å². The van der Waals surface area contributed by atoms with Crippen molar-refractivity contribution in [3.8, 4) is 63.4 Å². The third-order valence-corrected chi connectivity index (χ3v) is 24.3. The van der Waals surface area contributed by atoms with Crippen LogP contribution in [-0.4, -0.2) is 193 Å². The van der Waals surface area contributed by atoms with Crippen molar-refractivity contribution in [2.75, 3.05) is 26.2 Å². The quantitative estimate of drug-likeness (QED) is 0.0811. The van der Waals surface area contributed by atoms with Crippen molar-refractivity contribution in [3.63, 3.8) is 0 Å². The normalized spacial score (nSPS) is 22.5. The molecular formula is C90H83Cl2F4N19O8. The highest BCUT2D eigenvalue weighted by atomic mass is 35.5. The molecule has 4 aliphatic carbocycles. The van der Waals surface area contributed by atoms with Gasteiger partial charge in [-0.3, -0.25) is 29.1 Å². The largest absolute Gasteiger partial charge is 0.472 e. The van der Waals surface area contributed by atoms with Gasteiger partial charge in [-0.15, -0.1) is 0 Å². The summed E-state index contributed by atoms with van der Waals surface area (Å²) in [4.78, 5) is 113. The summed E-state index contributed by atoms with van der Waals surface area (Å²) in [6, 6.07) is 31.8. The maximum atomic E-state index is 14.8. The molecule has 0 spiro atoms. The Balaban J connectivity index is 0.000000116. The minimum absolute atomic E-state index is 0.00929. The van der Waals surface area contributed by atoms with E-state index in [1.807, 2.05) is 64.9 Å². The van der Waals surface area contributed by atoms with Crippen molar-refractivity contribution in [1.29, 1.82) is 0 Å². The smallest absolute Gasteiger partial charge is 0.256 e. The van der Waals surface area contributed by atoms with Gasteiger partial charge in [-0.05, 0) is 175 Å². The van der Waals surface area contributed by atoms with Gasteiger partial charge in [0.2, 0.25) is 23.5 Å². The van der Waals surface area contributed by atoms with E-state index in [9.17, 15) is 36.7 Å². The van der Waals surface area contributed by atoms with Crippen LogP contribution in [-0.2, 0) is 0 Å². The van der Waals surface area contributed by atoms with Crippen molar-refractivity contribution < 1.29 is 55.7 Å². The molecule has 123 heavy (non-hydrogen) atoms. The van der Waals surface area contributed by atoms with Gasteiger partial charge in [0.15, 0.2) is 29.1 Å². The van der Waals surface area contributed by atoms with Crippen LogP contribution in [0.5, 0.6) is 23.5 Å². The number of piperidine rings is 8. The van der Waals surface area contributed by atoms with Crippen LogP contribution in [0.15, 0.2) is 202 Å². The first-order valence-corrected chi connectivity index (χ1v) is 41.7. The Bertz CT molecular complexity index is 5740. The lowest BCUT2D eigenvalue weighted by Crippen LogP contribution is -2.59. The van der Waals surface area contributed by atoms with E-state index in [-0.39, 0.29) is 112 Å². The zero-order valence-electron chi connectivity index (χ0n) is 66.8. The lowest BCUT2D eigenvalue weighted by molar-refractivity contribution is -0.0315. The number of aromatic nitrogens is 15. The molecule has 24 rings (SSSR count). The molecule has 8 saturated heterocycles. The number of carbonyl (C=O) groups excluding carboxylic acids is 4. The number of halogens is 6. The van der Waals surface area contributed by atoms with Crippen LogP contribution in [0.2, 0.25) is 10.0 Å². The number of ether oxygens (including phenoxy) is 4. The molecule has 4 saturated carbocycles. The second-order valence-corrected chi connectivity index (χ2v) is 32.7. The molecular weight excluding hydrogens is 1620 g/mol. The van der Waals surface area contributed by atoms with Crippen molar-refractivity contribution in [1.82, 2.24) is 94.4 Å². The summed E-state index contributed by atoms with van der Waals surface area (Å²) in [5.41, 5.74) is 4.52. The number of rotatable bonds is 16. The van der Waals surface area contributed by atoms with E-state index in [0.29, 0.717) is 99.2 Å². The van der Waals surface area contributed by atoms with Gasteiger partial charge in [0.1, 0.15) is 36.1 Å². The van der Waals surface area contributed by atoms with Crippen LogP contribution < -0.4 is 18.9 Å². The van der Waals surface area contributed by atoms with Gasteiger partial charge in [0.05, 0.1) is 147 Å². The Morgan fingerprint density at radius 1 is 0.341 bits per heavy atom. The molecule has 4 aromatic carbocycles. The second kappa shape index (κ2) is 36.8. The first-order valence-electron chi connectivity index (χ1n) is 40.9. The minimum Gasteiger partial charge on any atom is -0.472 e. The number of hydrogen-bond donors (Lipinski definition) is 0. The van der Waals surface area contributed by atoms with E-state index >= 15 is 0 Å². The van der Waals surface area contributed by atoms with Crippen LogP contribution in [0.3, 0.4) is 0 Å². The van der Waals surface area contributed by atoms with Gasteiger partial charge in [-0.1, -0.05) is 65.7 Å². The molecule has 12 aromatic rings. The highest BCUT2D eigenvalue weighted by Crippen LogP contribution is 2.44. The molecule has 8 aromatic heterocycles. The van der Waals surface area contributed by atoms with Crippen molar-refractivity contribution in [2.45, 2.75) is 139 Å². The van der Waals surface area contributed by atoms with Crippen molar-refractivity contribution in [3.05, 3.63) is 269 Å². The lowest BCUT2D eigenvalue weighted by atomic mass is 9.77. The molecule has 8 bridgehead atoms. The molecule has 33 heteroatoms. The Morgan fingerprint density at radius 3 is 1.11 bits per heavy atom. The Labute approximate surface area is 714 Å². The minimum atomic E-state index is -0.634. The summed E-state index contributed by atoms with van der Waals surface area (Å²) in [6.45, 7) is 6.37. The van der Waals surface area contributed by atoms with E-state index in [2.05, 4.69) is 70.0 Å². The zero-order chi connectivity index (χ0) is 84.8. The number of pyridine rings is 2. The lowest BCUT2D eigenvalue weighted by Gasteiger charge is -2.49. The fraction of sp³-hybridized carbons (Fsp3) is 0.333. The van der Waals surface area contributed by atoms with Gasteiger partial charge in [-0.2, -0.15) is 15.0 Å². The molecule has 12 atom stereocenters. The zero-order valence-corrected chi connectivity index (χ0v) is 68.3. The summed E-state index contributed by atoms with van der Waals surface area (Å²) < 4.78 is 80.6. The van der Waals surface area contributed by atoms with Gasteiger partial charge < -0.3 is 38.5 Å². The summed E-state index contributed by atoms with van der Waals surface area (Å²) in [5, 5.41) is 9.49. The first-order chi connectivity index (χ1) is 59.9. The molecule has 8 aliphatic heterocycles. The van der Waals surface area contributed by atoms with Gasteiger partial charge in [-0.25, -0.2) is 67.4 Å². The predicted molar refractivity (Wildman–Crippen MR) is 442 cm³/mol.